The van der Waals surface area contributed by atoms with Gasteiger partial charge in [-0.2, -0.15) is 0 Å². The molecule has 0 saturated heterocycles. The number of aliphatic carboxylic acids is 1. The zero-order valence-corrected chi connectivity index (χ0v) is 8.90. The summed E-state index contributed by atoms with van der Waals surface area (Å²) in [6.07, 6.45) is 1.76. The lowest BCUT2D eigenvalue weighted by atomic mass is 10.1. The maximum Gasteiger partial charge on any atom is 0.326 e. The second-order valence-corrected chi connectivity index (χ2v) is 3.85. The summed E-state index contributed by atoms with van der Waals surface area (Å²) in [4.78, 5) is 10.8. The lowest BCUT2D eigenvalue weighted by Crippen LogP contribution is -2.04. The summed E-state index contributed by atoms with van der Waals surface area (Å²) in [5.74, 6) is -1.02. The Balaban J connectivity index is 2.67. The maximum atomic E-state index is 10.8. The average Bonchev–Trinajstić information content (AvgIpc) is 2.56. The van der Waals surface area contributed by atoms with Gasteiger partial charge in [-0.15, -0.1) is 11.6 Å². The maximum absolute atomic E-state index is 10.8. The molecule has 0 saturated carbocycles. The molecule has 0 aliphatic carbocycles. The van der Waals surface area contributed by atoms with Crippen LogP contribution in [0.5, 0.6) is 0 Å². The number of hydrogen-bond acceptors (Lipinski definition) is 1. The number of aromatic nitrogens is 1. The van der Waals surface area contributed by atoms with Crippen molar-refractivity contribution in [1.82, 2.24) is 4.57 Å². The van der Waals surface area contributed by atoms with Crippen LogP contribution in [-0.4, -0.2) is 15.6 Å². The van der Waals surface area contributed by atoms with Crippen LogP contribution < -0.4 is 0 Å². The van der Waals surface area contributed by atoms with E-state index in [-0.39, 0.29) is 0 Å². The number of carboxylic acids is 1. The van der Waals surface area contributed by atoms with Crippen LogP contribution in [0.4, 0.5) is 0 Å². The third-order valence-electron chi connectivity index (χ3n) is 2.42. The van der Waals surface area contributed by atoms with E-state index in [0.717, 1.165) is 10.9 Å². The van der Waals surface area contributed by atoms with Crippen LogP contribution in [-0.2, 0) is 11.8 Å². The molecule has 78 valence electrons. The molecule has 2 rings (SSSR count). The molecule has 1 aromatic carbocycles. The molecule has 1 N–H and O–H groups in total. The number of nitrogens with zero attached hydrogens (tertiary/aromatic N) is 1. The quantitative estimate of drug-likeness (QED) is 0.795. The molecule has 0 radical (unpaired) electrons. The Bertz CT molecular complexity index is 518. The van der Waals surface area contributed by atoms with Gasteiger partial charge in [0.2, 0.25) is 0 Å². The van der Waals surface area contributed by atoms with Crippen molar-refractivity contribution in [1.29, 1.82) is 0 Å². The van der Waals surface area contributed by atoms with Crippen molar-refractivity contribution in [2.45, 2.75) is 5.38 Å². The van der Waals surface area contributed by atoms with Crippen LogP contribution in [0.15, 0.2) is 30.5 Å². The van der Waals surface area contributed by atoms with E-state index in [1.807, 2.05) is 35.9 Å². The zero-order valence-electron chi connectivity index (χ0n) is 8.14. The Morgan fingerprint density at radius 1 is 1.47 bits per heavy atom. The molecule has 0 fully saturated rings. The molecule has 1 unspecified atom stereocenters. The average molecular weight is 224 g/mol. The molecule has 15 heavy (non-hydrogen) atoms. The normalized spacial score (nSPS) is 12.9. The molecule has 0 spiro atoms. The number of benzene rings is 1. The molecule has 4 heteroatoms. The standard InChI is InChI=1S/C11H10ClNO2/c1-13-6-8(10(12)11(14)15)7-4-2-3-5-9(7)13/h2-6,10H,1H3,(H,14,15). The van der Waals surface area contributed by atoms with Gasteiger partial charge in [0.05, 0.1) is 0 Å². The number of fused-ring (bicyclic) bond motifs is 1. The van der Waals surface area contributed by atoms with E-state index < -0.39 is 11.3 Å². The fourth-order valence-corrected chi connectivity index (χ4v) is 1.88. The summed E-state index contributed by atoms with van der Waals surface area (Å²) in [7, 11) is 1.87. The van der Waals surface area contributed by atoms with Crippen molar-refractivity contribution in [3.63, 3.8) is 0 Å². The van der Waals surface area contributed by atoms with E-state index in [9.17, 15) is 4.79 Å². The molecule has 0 aliphatic heterocycles. The Morgan fingerprint density at radius 3 is 2.80 bits per heavy atom. The molecule has 1 heterocycles. The molecule has 2 aromatic rings. The van der Waals surface area contributed by atoms with Crippen LogP contribution in [0.3, 0.4) is 0 Å². The topological polar surface area (TPSA) is 42.2 Å². The van der Waals surface area contributed by atoms with Gasteiger partial charge in [-0.3, -0.25) is 4.79 Å². The minimum absolute atomic E-state index is 0.641. The van der Waals surface area contributed by atoms with Crippen molar-refractivity contribution in [2.24, 2.45) is 7.05 Å². The molecule has 0 aliphatic rings. The predicted molar refractivity (Wildman–Crippen MR) is 59.1 cm³/mol. The highest BCUT2D eigenvalue weighted by atomic mass is 35.5. The minimum atomic E-state index is -1.02. The number of alkyl halides is 1. The zero-order chi connectivity index (χ0) is 11.0. The van der Waals surface area contributed by atoms with Crippen molar-refractivity contribution in [3.05, 3.63) is 36.0 Å². The van der Waals surface area contributed by atoms with Crippen LogP contribution in [0.25, 0.3) is 10.9 Å². The first-order chi connectivity index (χ1) is 7.11. The summed E-state index contributed by atoms with van der Waals surface area (Å²) in [5, 5.41) is 8.76. The van der Waals surface area contributed by atoms with Gasteiger partial charge in [-0.05, 0) is 6.07 Å². The van der Waals surface area contributed by atoms with Gasteiger partial charge in [-0.1, -0.05) is 18.2 Å². The molecular formula is C11H10ClNO2. The van der Waals surface area contributed by atoms with Gasteiger partial charge in [0, 0.05) is 29.7 Å². The Labute approximate surface area is 91.9 Å². The van der Waals surface area contributed by atoms with Crippen LogP contribution in [0.1, 0.15) is 10.9 Å². The molecule has 3 nitrogen and oxygen atoms in total. The summed E-state index contributed by atoms with van der Waals surface area (Å²) in [5.41, 5.74) is 1.63. The summed E-state index contributed by atoms with van der Waals surface area (Å²) >= 11 is 5.82. The van der Waals surface area contributed by atoms with Gasteiger partial charge >= 0.3 is 5.97 Å². The van der Waals surface area contributed by atoms with Crippen molar-refractivity contribution >= 4 is 28.5 Å². The fraction of sp³-hybridized carbons (Fsp3) is 0.182. The van der Waals surface area contributed by atoms with Crippen molar-refractivity contribution in [2.75, 3.05) is 0 Å². The number of carboxylic acid groups (broad SMARTS) is 1. The van der Waals surface area contributed by atoms with Crippen LogP contribution >= 0.6 is 11.6 Å². The second-order valence-electron chi connectivity index (χ2n) is 3.41. The van der Waals surface area contributed by atoms with Gasteiger partial charge in [0.1, 0.15) is 0 Å². The lowest BCUT2D eigenvalue weighted by Gasteiger charge is -2.01. The van der Waals surface area contributed by atoms with E-state index >= 15 is 0 Å². The van der Waals surface area contributed by atoms with Gasteiger partial charge in [-0.25, -0.2) is 0 Å². The van der Waals surface area contributed by atoms with Crippen LogP contribution in [0.2, 0.25) is 0 Å². The summed E-state index contributed by atoms with van der Waals surface area (Å²) < 4.78 is 1.88. The minimum Gasteiger partial charge on any atom is -0.480 e. The number of carbonyl (C=O) groups is 1. The highest BCUT2D eigenvalue weighted by molar-refractivity contribution is 6.30. The molecule has 0 amide bonds. The first-order valence-electron chi connectivity index (χ1n) is 4.52. The first kappa shape index (κ1) is 10.1. The summed E-state index contributed by atoms with van der Waals surface area (Å²) in [6.45, 7) is 0. The lowest BCUT2D eigenvalue weighted by molar-refractivity contribution is -0.136. The van der Waals surface area contributed by atoms with E-state index in [4.69, 9.17) is 16.7 Å². The smallest absolute Gasteiger partial charge is 0.326 e. The third kappa shape index (κ3) is 1.59. The number of halogens is 1. The van der Waals surface area contributed by atoms with Gasteiger partial charge in [0.25, 0.3) is 0 Å². The third-order valence-corrected chi connectivity index (χ3v) is 2.84. The summed E-state index contributed by atoms with van der Waals surface area (Å²) in [6, 6.07) is 7.60. The van der Waals surface area contributed by atoms with E-state index in [2.05, 4.69) is 0 Å². The molecule has 1 aromatic heterocycles. The van der Waals surface area contributed by atoms with Gasteiger partial charge in [0.15, 0.2) is 5.38 Å². The number of para-hydroxylation sites is 1. The number of rotatable bonds is 2. The molecule has 0 bridgehead atoms. The SMILES string of the molecule is Cn1cc(C(Cl)C(=O)O)c2ccccc21. The Hall–Kier alpha value is -1.48. The largest absolute Gasteiger partial charge is 0.480 e. The number of aryl methyl sites for hydroxylation is 1. The van der Waals surface area contributed by atoms with Crippen LogP contribution in [0, 0.1) is 0 Å². The van der Waals surface area contributed by atoms with E-state index in [1.54, 1.807) is 6.20 Å². The predicted octanol–water partition coefficient (Wildman–Crippen LogP) is 2.54. The highest BCUT2D eigenvalue weighted by Gasteiger charge is 2.20. The first-order valence-corrected chi connectivity index (χ1v) is 4.95. The highest BCUT2D eigenvalue weighted by Crippen LogP contribution is 2.29. The Kier molecular flexibility index (Phi) is 2.40. The fourth-order valence-electron chi connectivity index (χ4n) is 1.71. The second kappa shape index (κ2) is 3.59. The number of hydrogen-bond donors (Lipinski definition) is 1. The molecule has 1 atom stereocenters. The van der Waals surface area contributed by atoms with E-state index in [1.165, 1.54) is 0 Å². The van der Waals surface area contributed by atoms with Crippen molar-refractivity contribution in [3.8, 4) is 0 Å². The van der Waals surface area contributed by atoms with E-state index in [0.29, 0.717) is 5.56 Å². The molecular weight excluding hydrogens is 214 g/mol. The van der Waals surface area contributed by atoms with Gasteiger partial charge < -0.3 is 9.67 Å². The van der Waals surface area contributed by atoms with Crippen molar-refractivity contribution < 1.29 is 9.90 Å². The Morgan fingerprint density at radius 2 is 2.13 bits per heavy atom. The monoisotopic (exact) mass is 223 g/mol.